The third-order valence-electron chi connectivity index (χ3n) is 11.7. The van der Waals surface area contributed by atoms with Gasteiger partial charge in [0.1, 0.15) is 0 Å². The Hall–Kier alpha value is -5.02. The molecule has 0 bridgehead atoms. The lowest BCUT2D eigenvalue weighted by molar-refractivity contribution is 0.0517. The highest BCUT2D eigenvalue weighted by molar-refractivity contribution is 6.33. The number of ether oxygens (including phenoxy) is 4. The fourth-order valence-electron chi connectivity index (χ4n) is 8.59. The molecule has 4 aromatic carbocycles. The maximum absolute atomic E-state index is 12.6. The molecule has 2 aliphatic rings. The van der Waals surface area contributed by atoms with Gasteiger partial charge in [-0.3, -0.25) is 4.99 Å². The van der Waals surface area contributed by atoms with E-state index in [-0.39, 0.29) is 17.4 Å². The van der Waals surface area contributed by atoms with Crippen LogP contribution in [0, 0.1) is 0 Å². The van der Waals surface area contributed by atoms with Crippen LogP contribution in [-0.2, 0) is 29.8 Å². The van der Waals surface area contributed by atoms with Gasteiger partial charge < -0.3 is 23.8 Å². The van der Waals surface area contributed by atoms with Crippen molar-refractivity contribution in [3.63, 3.8) is 0 Å². The van der Waals surface area contributed by atoms with Crippen molar-refractivity contribution in [3.8, 4) is 0 Å². The average Bonchev–Trinajstić information content (AvgIpc) is 3.70. The highest BCUT2D eigenvalue weighted by atomic mass is 35.5. The number of fused-ring (bicyclic) bond motifs is 4. The van der Waals surface area contributed by atoms with E-state index in [1.807, 2.05) is 56.3 Å². The van der Waals surface area contributed by atoms with Crippen LogP contribution in [0.2, 0.25) is 0 Å². The van der Waals surface area contributed by atoms with E-state index in [0.29, 0.717) is 44.1 Å². The number of carbonyl (C=O) groups is 2. The number of benzene rings is 4. The zero-order valence-corrected chi connectivity index (χ0v) is 37.2. The molecule has 1 aliphatic heterocycles. The van der Waals surface area contributed by atoms with Gasteiger partial charge in [-0.2, -0.15) is 0 Å². The summed E-state index contributed by atoms with van der Waals surface area (Å²) in [6, 6.07) is 22.1. The maximum atomic E-state index is 12.6. The highest BCUT2D eigenvalue weighted by Crippen LogP contribution is 2.51. The normalized spacial score (nSPS) is 16.9. The molecule has 0 fully saturated rings. The summed E-state index contributed by atoms with van der Waals surface area (Å²) in [6.07, 6.45) is 12.0. The first-order valence-electron chi connectivity index (χ1n) is 21.1. The van der Waals surface area contributed by atoms with Gasteiger partial charge in [0, 0.05) is 73.5 Å². The zero-order valence-electron chi connectivity index (χ0n) is 36.5. The molecule has 9 heteroatoms. The van der Waals surface area contributed by atoms with E-state index >= 15 is 0 Å². The minimum absolute atomic E-state index is 0.311. The molecule has 60 heavy (non-hydrogen) atoms. The molecule has 4 aromatic rings. The lowest BCUT2D eigenvalue weighted by atomic mass is 9.77. The lowest BCUT2D eigenvalue weighted by Gasteiger charge is -2.28. The topological polar surface area (TPSA) is 86.7 Å². The zero-order chi connectivity index (χ0) is 43.0. The van der Waals surface area contributed by atoms with Gasteiger partial charge in [0.25, 0.3) is 0 Å². The Morgan fingerprint density at radius 1 is 0.833 bits per heavy atom. The summed E-state index contributed by atoms with van der Waals surface area (Å²) in [5.74, 6) is -0.634. The van der Waals surface area contributed by atoms with Crippen LogP contribution in [0.5, 0.6) is 0 Å². The van der Waals surface area contributed by atoms with Gasteiger partial charge in [-0.1, -0.05) is 87.8 Å². The van der Waals surface area contributed by atoms with Gasteiger partial charge >= 0.3 is 11.9 Å². The van der Waals surface area contributed by atoms with Crippen molar-refractivity contribution in [3.05, 3.63) is 135 Å². The van der Waals surface area contributed by atoms with Gasteiger partial charge in [-0.05, 0) is 126 Å². The monoisotopic (exact) mass is 830 g/mol. The Kier molecular flexibility index (Phi) is 14.5. The summed E-state index contributed by atoms with van der Waals surface area (Å²) in [5.41, 5.74) is 8.11. The Morgan fingerprint density at radius 2 is 1.48 bits per heavy atom. The number of halogens is 1. The molecule has 0 atom stereocenters. The van der Waals surface area contributed by atoms with Crippen LogP contribution in [0.15, 0.2) is 118 Å². The van der Waals surface area contributed by atoms with Gasteiger partial charge in [0.2, 0.25) is 0 Å². The number of aliphatic imine (C=N–C) groups is 1. The van der Waals surface area contributed by atoms with Crippen molar-refractivity contribution in [2.75, 3.05) is 58.6 Å². The molecule has 8 nitrogen and oxygen atoms in total. The molecule has 0 spiro atoms. The Labute approximate surface area is 360 Å². The van der Waals surface area contributed by atoms with Crippen molar-refractivity contribution in [1.29, 1.82) is 0 Å². The number of nitrogens with zero attached hydrogens (tertiary/aromatic N) is 2. The van der Waals surface area contributed by atoms with Crippen LogP contribution >= 0.6 is 11.6 Å². The molecule has 0 N–H and O–H groups in total. The van der Waals surface area contributed by atoms with Crippen LogP contribution in [0.4, 0.5) is 5.69 Å². The van der Waals surface area contributed by atoms with Crippen LogP contribution in [-0.4, -0.2) is 71.4 Å². The molecule has 316 valence electrons. The summed E-state index contributed by atoms with van der Waals surface area (Å²) >= 11 is 7.24. The largest absolute Gasteiger partial charge is 0.462 e. The molecule has 6 rings (SSSR count). The molecule has 0 saturated heterocycles. The van der Waals surface area contributed by atoms with E-state index in [9.17, 15) is 9.59 Å². The second-order valence-corrected chi connectivity index (χ2v) is 16.7. The van der Waals surface area contributed by atoms with Crippen molar-refractivity contribution in [2.24, 2.45) is 4.99 Å². The number of allylic oxidation sites excluding steroid dienone is 8. The fourth-order valence-corrected chi connectivity index (χ4v) is 8.90. The molecular formula is C51H59ClN2O6. The minimum Gasteiger partial charge on any atom is -0.462 e. The van der Waals surface area contributed by atoms with E-state index in [4.69, 9.17) is 35.5 Å². The predicted octanol–water partition coefficient (Wildman–Crippen LogP) is 11.6. The Balaban J connectivity index is 1.33. The summed E-state index contributed by atoms with van der Waals surface area (Å²) in [7, 11) is 3.45. The molecule has 0 aromatic heterocycles. The van der Waals surface area contributed by atoms with Gasteiger partial charge in [0.15, 0.2) is 0 Å². The molecule has 0 amide bonds. The summed E-state index contributed by atoms with van der Waals surface area (Å²) in [5, 5.41) is 4.94. The lowest BCUT2D eigenvalue weighted by Crippen LogP contribution is -2.28. The minimum atomic E-state index is -0.469. The van der Waals surface area contributed by atoms with Crippen molar-refractivity contribution in [2.45, 2.75) is 78.1 Å². The predicted molar refractivity (Wildman–Crippen MR) is 246 cm³/mol. The average molecular weight is 831 g/mol. The second-order valence-electron chi connectivity index (χ2n) is 16.4. The number of methoxy groups -OCH3 is 2. The standard InChI is InChI=1S/C51H59ClN2O6/c1-9-59-48(55)38-18-23-40-36(32-38)14-11-15-42(40)50(3,4)44(53-28-12-30-57-7)26-21-34-16-17-35(47(34)52)22-27-45-51(5,6)46-41-24-19-39(49(56)60-10-2)33-37(41)20-25-43(46)54(45)29-13-31-58-8/h11,14-15,18-27,32-33H,9-10,12-13,16-17,28-31H2,1-8H3/b26-21+,35-22+,45-27+,53-44?. The van der Waals surface area contributed by atoms with Crippen LogP contribution in [0.1, 0.15) is 99.1 Å². The molecule has 1 heterocycles. The van der Waals surface area contributed by atoms with E-state index in [2.05, 4.69) is 81.2 Å². The van der Waals surface area contributed by atoms with Gasteiger partial charge in [-0.15, -0.1) is 0 Å². The number of anilines is 1. The summed E-state index contributed by atoms with van der Waals surface area (Å²) < 4.78 is 21.4. The third kappa shape index (κ3) is 9.31. The maximum Gasteiger partial charge on any atom is 0.338 e. The van der Waals surface area contributed by atoms with E-state index in [1.165, 1.54) is 16.9 Å². The van der Waals surface area contributed by atoms with Crippen molar-refractivity contribution < 1.29 is 28.5 Å². The van der Waals surface area contributed by atoms with E-state index in [0.717, 1.165) is 81.2 Å². The van der Waals surface area contributed by atoms with Crippen molar-refractivity contribution >= 4 is 56.5 Å². The van der Waals surface area contributed by atoms with Gasteiger partial charge in [0.05, 0.1) is 24.3 Å². The molecule has 1 aliphatic carbocycles. The molecular weight excluding hydrogens is 772 g/mol. The first kappa shape index (κ1) is 44.5. The van der Waals surface area contributed by atoms with Crippen LogP contribution in [0.3, 0.4) is 0 Å². The summed E-state index contributed by atoms with van der Waals surface area (Å²) in [6.45, 7) is 16.0. The number of esters is 2. The third-order valence-corrected chi connectivity index (χ3v) is 12.2. The van der Waals surface area contributed by atoms with Crippen LogP contribution in [0.25, 0.3) is 21.5 Å². The Bertz CT molecular complexity index is 2400. The second kappa shape index (κ2) is 19.6. The van der Waals surface area contributed by atoms with E-state index in [1.54, 1.807) is 14.2 Å². The first-order chi connectivity index (χ1) is 28.9. The SMILES string of the molecule is CCOC(=O)c1ccc2c(C(C)(C)C(/C=C/C3=C(Cl)C(=C/C=C4/N(CCCOC)c5ccc6cc(C(=O)OCC)ccc6c5C4(C)C)/CC3)=NCCCOC)cccc2c1. The molecule has 0 unspecified atom stereocenters. The fraction of sp³-hybridized carbons (Fsp3) is 0.392. The smallest absolute Gasteiger partial charge is 0.338 e. The number of hydrogen-bond donors (Lipinski definition) is 0. The number of rotatable bonds is 17. The van der Waals surface area contributed by atoms with Crippen molar-refractivity contribution in [1.82, 2.24) is 0 Å². The van der Waals surface area contributed by atoms with E-state index < -0.39 is 5.41 Å². The Morgan fingerprint density at radius 3 is 2.15 bits per heavy atom. The highest BCUT2D eigenvalue weighted by Gasteiger charge is 2.41. The first-order valence-corrected chi connectivity index (χ1v) is 21.5. The summed E-state index contributed by atoms with van der Waals surface area (Å²) in [4.78, 5) is 32.7. The quantitative estimate of drug-likeness (QED) is 0.0595. The number of carbonyl (C=O) groups excluding carboxylic acids is 2. The van der Waals surface area contributed by atoms with Gasteiger partial charge in [-0.25, -0.2) is 9.59 Å². The molecule has 0 radical (unpaired) electrons. The number of hydrogen-bond acceptors (Lipinski definition) is 8. The molecule has 0 saturated carbocycles. The van der Waals surface area contributed by atoms with Crippen LogP contribution < -0.4 is 4.90 Å².